The predicted octanol–water partition coefficient (Wildman–Crippen LogP) is 4.99. The average molecular weight is 343 g/mol. The first-order valence-electron chi connectivity index (χ1n) is 4.53. The smallest absolute Gasteiger partial charge is 0.222 e. The number of halogens is 5. The summed E-state index contributed by atoms with van der Waals surface area (Å²) in [6.07, 6.45) is 0. The topological polar surface area (TPSA) is 51.8 Å². The molecule has 0 saturated heterocycles. The Morgan fingerprint density at radius 2 is 1.22 bits per heavy atom. The average Bonchev–Trinajstić information content (AvgIpc) is 2.20. The molecular weight excluding hydrogens is 339 g/mol. The number of nitrogens with two attached hydrogens (primary N) is 1. The fourth-order valence-electron chi connectivity index (χ4n) is 1.41. The fourth-order valence-corrected chi connectivity index (χ4v) is 3.01. The van der Waals surface area contributed by atoms with Gasteiger partial charge >= 0.3 is 0 Å². The molecule has 2 N–H and O–H groups in total. The molecule has 0 spiro atoms. The van der Waals surface area contributed by atoms with Crippen molar-refractivity contribution in [2.75, 3.05) is 5.73 Å². The van der Waals surface area contributed by atoms with E-state index in [-0.39, 0.29) is 16.3 Å². The van der Waals surface area contributed by atoms with E-state index in [0.29, 0.717) is 26.2 Å². The van der Waals surface area contributed by atoms with E-state index < -0.39 is 0 Å². The van der Waals surface area contributed by atoms with Gasteiger partial charge in [-0.3, -0.25) is 0 Å². The molecule has 0 fully saturated rings. The summed E-state index contributed by atoms with van der Waals surface area (Å²) in [4.78, 5) is 7.63. The summed E-state index contributed by atoms with van der Waals surface area (Å²) < 4.78 is 0. The van der Waals surface area contributed by atoms with E-state index in [1.165, 1.54) is 12.1 Å². The van der Waals surface area contributed by atoms with Crippen molar-refractivity contribution in [3.05, 3.63) is 37.5 Å². The van der Waals surface area contributed by atoms with Crippen molar-refractivity contribution in [1.29, 1.82) is 0 Å². The van der Waals surface area contributed by atoms with E-state index in [9.17, 15) is 0 Å². The molecule has 2 aromatic rings. The Bertz CT molecular complexity index is 527. The molecule has 0 atom stereocenters. The Balaban J connectivity index is 2.78. The zero-order chi connectivity index (χ0) is 13.4. The Morgan fingerprint density at radius 1 is 0.778 bits per heavy atom. The van der Waals surface area contributed by atoms with Crippen LogP contribution in [0.3, 0.4) is 0 Å². The maximum atomic E-state index is 6.08. The predicted molar refractivity (Wildman–Crippen MR) is 76.9 cm³/mol. The van der Waals surface area contributed by atoms with Gasteiger partial charge in [0.15, 0.2) is 0 Å². The highest BCUT2D eigenvalue weighted by Gasteiger charge is 2.19. The normalized spacial score (nSPS) is 10.7. The lowest BCUT2D eigenvalue weighted by atomic mass is 10.1. The van der Waals surface area contributed by atoms with Crippen LogP contribution in [0, 0.1) is 0 Å². The molecule has 18 heavy (non-hydrogen) atoms. The summed E-state index contributed by atoms with van der Waals surface area (Å²) >= 11 is 30.0. The third-order valence-corrected chi connectivity index (χ3v) is 3.46. The first-order chi connectivity index (χ1) is 8.40. The third-order valence-electron chi connectivity index (χ3n) is 2.09. The van der Waals surface area contributed by atoms with Crippen LogP contribution in [0.5, 0.6) is 0 Å². The van der Waals surface area contributed by atoms with Crippen molar-refractivity contribution in [2.24, 2.45) is 0 Å². The van der Waals surface area contributed by atoms with Crippen molar-refractivity contribution < 1.29 is 0 Å². The van der Waals surface area contributed by atoms with Crippen molar-refractivity contribution in [2.45, 2.75) is 0 Å². The number of hydrogen-bond donors (Lipinski definition) is 1. The lowest BCUT2D eigenvalue weighted by Gasteiger charge is -2.11. The molecule has 1 aromatic heterocycles. The van der Waals surface area contributed by atoms with Gasteiger partial charge in [-0.15, -0.1) is 0 Å². The highest BCUT2D eigenvalue weighted by atomic mass is 35.5. The SMILES string of the molecule is Nc1nc(Cl)c(-c2c(Cl)cc(Cl)cc2Cl)c(Cl)n1. The summed E-state index contributed by atoms with van der Waals surface area (Å²) in [5.74, 6) is -0.0324. The summed E-state index contributed by atoms with van der Waals surface area (Å²) in [7, 11) is 0. The van der Waals surface area contributed by atoms with E-state index in [0.717, 1.165) is 0 Å². The van der Waals surface area contributed by atoms with E-state index in [4.69, 9.17) is 63.7 Å². The van der Waals surface area contributed by atoms with Gasteiger partial charge in [-0.1, -0.05) is 58.0 Å². The van der Waals surface area contributed by atoms with Gasteiger partial charge in [0.1, 0.15) is 10.3 Å². The lowest BCUT2D eigenvalue weighted by Crippen LogP contribution is -1.98. The van der Waals surface area contributed by atoms with Gasteiger partial charge in [0.25, 0.3) is 0 Å². The highest BCUT2D eigenvalue weighted by molar-refractivity contribution is 6.44. The molecule has 94 valence electrons. The fraction of sp³-hybridized carbons (Fsp3) is 0. The molecule has 0 amide bonds. The van der Waals surface area contributed by atoms with Gasteiger partial charge in [0.2, 0.25) is 5.95 Å². The van der Waals surface area contributed by atoms with Crippen LogP contribution in [0.4, 0.5) is 5.95 Å². The standard InChI is InChI=1S/C10H4Cl5N3/c11-3-1-4(12)6(5(13)2-3)7-8(14)17-10(16)18-9(7)15/h1-2H,(H2,16,17,18). The molecule has 0 unspecified atom stereocenters. The van der Waals surface area contributed by atoms with Crippen LogP contribution in [0.25, 0.3) is 11.1 Å². The second-order valence-corrected chi connectivity index (χ2v) is 5.25. The van der Waals surface area contributed by atoms with Crippen LogP contribution in [0.15, 0.2) is 12.1 Å². The summed E-state index contributed by atoms with van der Waals surface area (Å²) in [5.41, 5.74) is 6.16. The van der Waals surface area contributed by atoms with Gasteiger partial charge in [0.05, 0.1) is 15.6 Å². The van der Waals surface area contributed by atoms with E-state index in [1.54, 1.807) is 0 Å². The first kappa shape index (κ1) is 14.0. The molecule has 0 radical (unpaired) electrons. The number of nitrogens with zero attached hydrogens (tertiary/aromatic N) is 2. The van der Waals surface area contributed by atoms with Gasteiger partial charge in [0, 0.05) is 10.6 Å². The molecule has 0 aliphatic rings. The van der Waals surface area contributed by atoms with Crippen molar-refractivity contribution in [3.63, 3.8) is 0 Å². The number of anilines is 1. The highest BCUT2D eigenvalue weighted by Crippen LogP contribution is 2.42. The van der Waals surface area contributed by atoms with E-state index in [1.807, 2.05) is 0 Å². The molecular formula is C10H4Cl5N3. The molecule has 0 saturated carbocycles. The molecule has 0 aliphatic heterocycles. The molecule has 0 bridgehead atoms. The van der Waals surface area contributed by atoms with E-state index in [2.05, 4.69) is 9.97 Å². The Hall–Kier alpha value is -0.450. The minimum atomic E-state index is -0.0324. The lowest BCUT2D eigenvalue weighted by molar-refractivity contribution is 1.19. The zero-order valence-electron chi connectivity index (χ0n) is 8.52. The largest absolute Gasteiger partial charge is 0.368 e. The number of rotatable bonds is 1. The summed E-state index contributed by atoms with van der Waals surface area (Å²) in [6, 6.07) is 3.04. The van der Waals surface area contributed by atoms with Crippen molar-refractivity contribution in [3.8, 4) is 11.1 Å². The van der Waals surface area contributed by atoms with Crippen molar-refractivity contribution >= 4 is 64.0 Å². The Labute approximate surface area is 128 Å². The van der Waals surface area contributed by atoms with Gasteiger partial charge < -0.3 is 5.73 Å². The molecule has 3 nitrogen and oxygen atoms in total. The van der Waals surface area contributed by atoms with Crippen LogP contribution in [-0.4, -0.2) is 9.97 Å². The van der Waals surface area contributed by atoms with Crippen molar-refractivity contribution in [1.82, 2.24) is 9.97 Å². The maximum Gasteiger partial charge on any atom is 0.222 e. The van der Waals surface area contributed by atoms with Gasteiger partial charge in [-0.25, -0.2) is 9.97 Å². The van der Waals surface area contributed by atoms with Crippen LogP contribution in [0.2, 0.25) is 25.4 Å². The maximum absolute atomic E-state index is 6.08. The Kier molecular flexibility index (Phi) is 4.09. The van der Waals surface area contributed by atoms with Crippen LogP contribution in [-0.2, 0) is 0 Å². The van der Waals surface area contributed by atoms with Crippen LogP contribution in [0.1, 0.15) is 0 Å². The third kappa shape index (κ3) is 2.60. The minimum absolute atomic E-state index is 0.0324. The van der Waals surface area contributed by atoms with Crippen LogP contribution >= 0.6 is 58.0 Å². The van der Waals surface area contributed by atoms with Crippen LogP contribution < -0.4 is 5.73 Å². The quantitative estimate of drug-likeness (QED) is 0.742. The van der Waals surface area contributed by atoms with Gasteiger partial charge in [-0.2, -0.15) is 0 Å². The second-order valence-electron chi connectivity index (χ2n) is 3.28. The monoisotopic (exact) mass is 341 g/mol. The van der Waals surface area contributed by atoms with Gasteiger partial charge in [-0.05, 0) is 12.1 Å². The second kappa shape index (κ2) is 5.27. The molecule has 1 heterocycles. The summed E-state index contributed by atoms with van der Waals surface area (Å²) in [6.45, 7) is 0. The zero-order valence-corrected chi connectivity index (χ0v) is 12.3. The molecule has 1 aromatic carbocycles. The summed E-state index contributed by atoms with van der Waals surface area (Å²) in [5, 5.41) is 1.13. The molecule has 0 aliphatic carbocycles. The number of benzene rings is 1. The molecule has 8 heteroatoms. The number of hydrogen-bond acceptors (Lipinski definition) is 3. The first-order valence-corrected chi connectivity index (χ1v) is 6.42. The molecule has 2 rings (SSSR count). The number of nitrogen functional groups attached to an aromatic ring is 1. The number of aromatic nitrogens is 2. The minimum Gasteiger partial charge on any atom is -0.368 e. The van der Waals surface area contributed by atoms with E-state index >= 15 is 0 Å². The Morgan fingerprint density at radius 3 is 1.67 bits per heavy atom.